The van der Waals surface area contributed by atoms with Gasteiger partial charge in [0.15, 0.2) is 0 Å². The second kappa shape index (κ2) is 7.19. The van der Waals surface area contributed by atoms with Crippen molar-refractivity contribution in [3.63, 3.8) is 0 Å². The van der Waals surface area contributed by atoms with E-state index in [1.165, 1.54) is 6.42 Å². The standard InChI is InChI=1S/C22H30N2O3/c25-21(12-16-4-2-1-3-5-16)23-13-18-19-14-24(17-7-10-26-11-8-17)15-22(19)9-6-20(18)27-22/h1-5,17-20H,6-15H2,(H,23,25)/t18-,19+,20+,22+/m0/s1. The summed E-state index contributed by atoms with van der Waals surface area (Å²) in [5.41, 5.74) is 1.12. The van der Waals surface area contributed by atoms with E-state index in [1.54, 1.807) is 0 Å². The zero-order chi connectivity index (χ0) is 18.3. The Hall–Kier alpha value is -1.43. The van der Waals surface area contributed by atoms with Gasteiger partial charge >= 0.3 is 0 Å². The molecule has 2 bridgehead atoms. The first-order valence-corrected chi connectivity index (χ1v) is 10.5. The lowest BCUT2D eigenvalue weighted by Crippen LogP contribution is -2.42. The van der Waals surface area contributed by atoms with E-state index in [2.05, 4.69) is 10.2 Å². The van der Waals surface area contributed by atoms with Crippen LogP contribution in [0.1, 0.15) is 31.2 Å². The van der Waals surface area contributed by atoms with Gasteiger partial charge in [0.2, 0.25) is 5.91 Å². The van der Waals surface area contributed by atoms with Gasteiger partial charge in [-0.2, -0.15) is 0 Å². The van der Waals surface area contributed by atoms with Crippen LogP contribution < -0.4 is 5.32 Å². The van der Waals surface area contributed by atoms with E-state index in [-0.39, 0.29) is 11.5 Å². The van der Waals surface area contributed by atoms with Gasteiger partial charge in [-0.25, -0.2) is 0 Å². The van der Waals surface area contributed by atoms with Crippen LogP contribution in [-0.2, 0) is 20.7 Å². The predicted octanol–water partition coefficient (Wildman–Crippen LogP) is 2.00. The number of nitrogens with zero attached hydrogens (tertiary/aromatic N) is 1. The number of ether oxygens (including phenoxy) is 2. The van der Waals surface area contributed by atoms with E-state index < -0.39 is 0 Å². The Morgan fingerprint density at radius 2 is 2.00 bits per heavy atom. The SMILES string of the molecule is O=C(Cc1ccccc1)NC[C@H]1[C@H]2CN(C3CCOCC3)C[C@]23CC[C@H]1O3. The number of amides is 1. The van der Waals surface area contributed by atoms with Crippen LogP contribution in [0.25, 0.3) is 0 Å². The van der Waals surface area contributed by atoms with E-state index in [4.69, 9.17) is 9.47 Å². The second-order valence-corrected chi connectivity index (χ2v) is 8.77. The normalized spacial score (nSPS) is 36.1. The van der Waals surface area contributed by atoms with Crippen molar-refractivity contribution >= 4 is 5.91 Å². The highest BCUT2D eigenvalue weighted by atomic mass is 16.5. The van der Waals surface area contributed by atoms with Crippen LogP contribution in [0.3, 0.4) is 0 Å². The molecule has 1 spiro atoms. The maximum absolute atomic E-state index is 12.4. The fourth-order valence-corrected chi connectivity index (χ4v) is 5.90. The van der Waals surface area contributed by atoms with E-state index in [0.29, 0.717) is 30.4 Å². The summed E-state index contributed by atoms with van der Waals surface area (Å²) in [5.74, 6) is 1.15. The van der Waals surface area contributed by atoms with Crippen molar-refractivity contribution in [3.05, 3.63) is 35.9 Å². The number of hydrogen-bond donors (Lipinski definition) is 1. The Labute approximate surface area is 161 Å². The molecule has 0 aliphatic carbocycles. The summed E-state index contributed by atoms with van der Waals surface area (Å²) < 4.78 is 12.1. The van der Waals surface area contributed by atoms with Gasteiger partial charge in [-0.3, -0.25) is 9.69 Å². The molecule has 0 unspecified atom stereocenters. The number of hydrogen-bond acceptors (Lipinski definition) is 4. The maximum atomic E-state index is 12.4. The van der Waals surface area contributed by atoms with Gasteiger partial charge in [-0.1, -0.05) is 30.3 Å². The van der Waals surface area contributed by atoms with Gasteiger partial charge in [-0.15, -0.1) is 0 Å². The minimum Gasteiger partial charge on any atom is -0.381 e. The van der Waals surface area contributed by atoms with Gasteiger partial charge in [0.1, 0.15) is 0 Å². The molecule has 5 nitrogen and oxygen atoms in total. The largest absolute Gasteiger partial charge is 0.381 e. The van der Waals surface area contributed by atoms with Crippen LogP contribution in [0.2, 0.25) is 0 Å². The molecule has 5 heteroatoms. The highest BCUT2D eigenvalue weighted by Gasteiger charge is 2.63. The molecule has 1 amide bonds. The Bertz CT molecular complexity index is 675. The Morgan fingerprint density at radius 3 is 2.81 bits per heavy atom. The third-order valence-electron chi connectivity index (χ3n) is 7.26. The van der Waals surface area contributed by atoms with Crippen LogP contribution in [-0.4, -0.2) is 61.4 Å². The topological polar surface area (TPSA) is 50.8 Å². The number of likely N-dealkylation sites (tertiary alicyclic amines) is 1. The minimum atomic E-state index is 0.0534. The number of carbonyl (C=O) groups is 1. The molecule has 4 aliphatic rings. The molecule has 4 saturated heterocycles. The molecule has 1 N–H and O–H groups in total. The second-order valence-electron chi connectivity index (χ2n) is 8.77. The average molecular weight is 370 g/mol. The summed E-state index contributed by atoms with van der Waals surface area (Å²) in [7, 11) is 0. The molecule has 4 aliphatic heterocycles. The first-order valence-electron chi connectivity index (χ1n) is 10.5. The number of fused-ring (bicyclic) bond motifs is 1. The average Bonchev–Trinajstić information content (AvgIpc) is 3.36. The Balaban J connectivity index is 1.20. The lowest BCUT2D eigenvalue weighted by molar-refractivity contribution is -0.120. The minimum absolute atomic E-state index is 0.0534. The van der Waals surface area contributed by atoms with Crippen molar-refractivity contribution in [2.45, 2.75) is 49.9 Å². The number of rotatable bonds is 5. The van der Waals surface area contributed by atoms with Crippen molar-refractivity contribution in [1.29, 1.82) is 0 Å². The summed E-state index contributed by atoms with van der Waals surface area (Å²) in [6, 6.07) is 10.6. The van der Waals surface area contributed by atoms with Gasteiger partial charge in [0, 0.05) is 50.7 Å². The van der Waals surface area contributed by atoms with Crippen molar-refractivity contribution in [2.75, 3.05) is 32.8 Å². The molecule has 4 heterocycles. The van der Waals surface area contributed by atoms with Gasteiger partial charge in [-0.05, 0) is 31.2 Å². The fourth-order valence-electron chi connectivity index (χ4n) is 5.90. The predicted molar refractivity (Wildman–Crippen MR) is 102 cm³/mol. The number of carbonyl (C=O) groups excluding carboxylic acids is 1. The zero-order valence-electron chi connectivity index (χ0n) is 15.9. The molecule has 0 aromatic heterocycles. The third-order valence-corrected chi connectivity index (χ3v) is 7.26. The van der Waals surface area contributed by atoms with E-state index in [0.717, 1.165) is 57.7 Å². The first kappa shape index (κ1) is 17.7. The van der Waals surface area contributed by atoms with Crippen LogP contribution in [0.15, 0.2) is 30.3 Å². The Kier molecular flexibility index (Phi) is 4.70. The molecule has 1 aromatic rings. The zero-order valence-corrected chi connectivity index (χ0v) is 15.9. The van der Waals surface area contributed by atoms with E-state index in [9.17, 15) is 4.79 Å². The lowest BCUT2D eigenvalue weighted by atomic mass is 9.73. The first-order chi connectivity index (χ1) is 13.2. The highest BCUT2D eigenvalue weighted by Crippen LogP contribution is 2.55. The molecule has 0 radical (unpaired) electrons. The van der Waals surface area contributed by atoms with Crippen molar-refractivity contribution in [1.82, 2.24) is 10.2 Å². The maximum Gasteiger partial charge on any atom is 0.224 e. The van der Waals surface area contributed by atoms with Crippen molar-refractivity contribution < 1.29 is 14.3 Å². The molecule has 4 fully saturated rings. The lowest BCUT2D eigenvalue weighted by Gasteiger charge is -2.32. The van der Waals surface area contributed by atoms with Crippen LogP contribution in [0.4, 0.5) is 0 Å². The van der Waals surface area contributed by atoms with Crippen LogP contribution in [0.5, 0.6) is 0 Å². The van der Waals surface area contributed by atoms with Crippen LogP contribution in [0, 0.1) is 11.8 Å². The van der Waals surface area contributed by atoms with Crippen LogP contribution >= 0.6 is 0 Å². The smallest absolute Gasteiger partial charge is 0.224 e. The molecule has 5 rings (SSSR count). The van der Waals surface area contributed by atoms with E-state index >= 15 is 0 Å². The molecule has 0 saturated carbocycles. The number of nitrogens with one attached hydrogen (secondary N) is 1. The van der Waals surface area contributed by atoms with Crippen molar-refractivity contribution in [3.8, 4) is 0 Å². The van der Waals surface area contributed by atoms with Gasteiger partial charge in [0.05, 0.1) is 18.1 Å². The summed E-state index contributed by atoms with van der Waals surface area (Å²) in [4.78, 5) is 15.1. The third kappa shape index (κ3) is 3.30. The fraction of sp³-hybridized carbons (Fsp3) is 0.682. The number of benzene rings is 1. The summed E-state index contributed by atoms with van der Waals surface area (Å²) in [5, 5.41) is 3.20. The van der Waals surface area contributed by atoms with Gasteiger partial charge < -0.3 is 14.8 Å². The quantitative estimate of drug-likeness (QED) is 0.861. The Morgan fingerprint density at radius 1 is 1.19 bits per heavy atom. The summed E-state index contributed by atoms with van der Waals surface area (Å²) in [6.07, 6.45) is 5.43. The molecule has 4 atom stereocenters. The molecular formula is C22H30N2O3. The highest BCUT2D eigenvalue weighted by molar-refractivity contribution is 5.78. The molecule has 27 heavy (non-hydrogen) atoms. The van der Waals surface area contributed by atoms with Crippen molar-refractivity contribution in [2.24, 2.45) is 11.8 Å². The monoisotopic (exact) mass is 370 g/mol. The molecule has 1 aromatic carbocycles. The molecule has 146 valence electrons. The summed E-state index contributed by atoms with van der Waals surface area (Å²) in [6.45, 7) is 4.74. The molecular weight excluding hydrogens is 340 g/mol. The van der Waals surface area contributed by atoms with E-state index in [1.807, 2.05) is 30.3 Å². The summed E-state index contributed by atoms with van der Waals surface area (Å²) >= 11 is 0. The van der Waals surface area contributed by atoms with Gasteiger partial charge in [0.25, 0.3) is 0 Å².